The summed E-state index contributed by atoms with van der Waals surface area (Å²) in [5.41, 5.74) is 0.453. The molecule has 0 heterocycles. The van der Waals surface area contributed by atoms with Gasteiger partial charge in [-0.3, -0.25) is 4.79 Å². The van der Waals surface area contributed by atoms with Crippen LogP contribution in [0.25, 0.3) is 0 Å². The number of hydrogen-bond acceptors (Lipinski definition) is 3. The monoisotopic (exact) mass is 321 g/mol. The number of hydrogen-bond donors (Lipinski definition) is 2. The van der Waals surface area contributed by atoms with Gasteiger partial charge in [0.2, 0.25) is 5.91 Å². The summed E-state index contributed by atoms with van der Waals surface area (Å²) in [6, 6.07) is 5.03. The lowest BCUT2D eigenvalue weighted by Crippen LogP contribution is -2.28. The second kappa shape index (κ2) is 8.69. The van der Waals surface area contributed by atoms with Crippen LogP contribution in [0.4, 0.5) is 0 Å². The van der Waals surface area contributed by atoms with E-state index in [4.69, 9.17) is 23.2 Å². The summed E-state index contributed by atoms with van der Waals surface area (Å²) in [7, 11) is 0. The molecule has 2 N–H and O–H groups in total. The standard InChI is InChI=1S/C13H17Cl2NO2S/c1-2-19-7-6-12(18)16-8-11(17)13-9(14)4-3-5-10(13)15/h3-5,11,17H,2,6-8H2,1H3,(H,16,18). The highest BCUT2D eigenvalue weighted by Gasteiger charge is 2.16. The highest BCUT2D eigenvalue weighted by atomic mass is 35.5. The maximum absolute atomic E-state index is 11.5. The fourth-order valence-corrected chi connectivity index (χ4v) is 2.81. The maximum atomic E-state index is 11.5. The number of carbonyl (C=O) groups excluding carboxylic acids is 1. The molecule has 1 amide bonds. The van der Waals surface area contributed by atoms with Gasteiger partial charge in [0.05, 0.1) is 6.10 Å². The molecule has 0 aliphatic rings. The first kappa shape index (κ1) is 16.6. The molecule has 1 atom stereocenters. The Morgan fingerprint density at radius 1 is 1.42 bits per heavy atom. The van der Waals surface area contributed by atoms with E-state index in [0.717, 1.165) is 11.5 Å². The van der Waals surface area contributed by atoms with Crippen LogP contribution in [0, 0.1) is 0 Å². The van der Waals surface area contributed by atoms with Crippen molar-refractivity contribution in [3.8, 4) is 0 Å². The molecule has 106 valence electrons. The van der Waals surface area contributed by atoms with E-state index in [1.165, 1.54) is 0 Å². The number of thioether (sulfide) groups is 1. The van der Waals surface area contributed by atoms with Crippen LogP contribution < -0.4 is 5.32 Å². The second-order valence-electron chi connectivity index (χ2n) is 3.90. The molecule has 1 unspecified atom stereocenters. The third-order valence-corrected chi connectivity index (χ3v) is 4.06. The number of aliphatic hydroxyl groups is 1. The van der Waals surface area contributed by atoms with Crippen molar-refractivity contribution < 1.29 is 9.90 Å². The van der Waals surface area contributed by atoms with Crippen LogP contribution in [0.1, 0.15) is 25.0 Å². The number of amides is 1. The molecular formula is C13H17Cl2NO2S. The van der Waals surface area contributed by atoms with E-state index in [-0.39, 0.29) is 12.5 Å². The fraction of sp³-hybridized carbons (Fsp3) is 0.462. The van der Waals surface area contributed by atoms with Crippen molar-refractivity contribution in [3.05, 3.63) is 33.8 Å². The Labute approximate surface area is 127 Å². The van der Waals surface area contributed by atoms with Crippen molar-refractivity contribution in [3.63, 3.8) is 0 Å². The van der Waals surface area contributed by atoms with Crippen LogP contribution in [0.5, 0.6) is 0 Å². The van der Waals surface area contributed by atoms with Crippen LogP contribution in [0.15, 0.2) is 18.2 Å². The van der Waals surface area contributed by atoms with E-state index in [2.05, 4.69) is 5.32 Å². The fourth-order valence-electron chi connectivity index (χ4n) is 1.54. The summed E-state index contributed by atoms with van der Waals surface area (Å²) in [6.07, 6.45) is -0.453. The third kappa shape index (κ3) is 5.61. The number of aliphatic hydroxyl groups excluding tert-OH is 1. The Kier molecular flexibility index (Phi) is 7.61. The molecule has 0 aromatic heterocycles. The van der Waals surface area contributed by atoms with Gasteiger partial charge in [0.1, 0.15) is 0 Å². The zero-order valence-electron chi connectivity index (χ0n) is 10.7. The predicted octanol–water partition coefficient (Wildman–Crippen LogP) is 3.29. The van der Waals surface area contributed by atoms with Gasteiger partial charge in [-0.1, -0.05) is 36.2 Å². The lowest BCUT2D eigenvalue weighted by atomic mass is 10.1. The maximum Gasteiger partial charge on any atom is 0.220 e. The largest absolute Gasteiger partial charge is 0.386 e. The summed E-state index contributed by atoms with van der Waals surface area (Å²) < 4.78 is 0. The molecule has 1 rings (SSSR count). The summed E-state index contributed by atoms with van der Waals surface area (Å²) in [5, 5.41) is 13.5. The smallest absolute Gasteiger partial charge is 0.220 e. The molecule has 0 fully saturated rings. The molecule has 6 heteroatoms. The van der Waals surface area contributed by atoms with E-state index < -0.39 is 6.10 Å². The van der Waals surface area contributed by atoms with E-state index >= 15 is 0 Å². The minimum Gasteiger partial charge on any atom is -0.386 e. The molecule has 1 aromatic rings. The van der Waals surface area contributed by atoms with Gasteiger partial charge >= 0.3 is 0 Å². The average molecular weight is 322 g/mol. The third-order valence-electron chi connectivity index (χ3n) is 2.50. The Balaban J connectivity index is 2.47. The Morgan fingerprint density at radius 3 is 2.63 bits per heavy atom. The summed E-state index contributed by atoms with van der Waals surface area (Å²) in [6.45, 7) is 2.16. The van der Waals surface area contributed by atoms with Crippen molar-refractivity contribution >= 4 is 40.9 Å². The quantitative estimate of drug-likeness (QED) is 0.758. The van der Waals surface area contributed by atoms with Crippen LogP contribution in [0.3, 0.4) is 0 Å². The Hall–Kier alpha value is -0.420. The van der Waals surface area contributed by atoms with E-state index in [1.807, 2.05) is 6.92 Å². The molecule has 0 aliphatic heterocycles. The lowest BCUT2D eigenvalue weighted by molar-refractivity contribution is -0.121. The molecule has 0 saturated heterocycles. The van der Waals surface area contributed by atoms with Crippen molar-refractivity contribution in [1.29, 1.82) is 0 Å². The topological polar surface area (TPSA) is 49.3 Å². The average Bonchev–Trinajstić information content (AvgIpc) is 2.36. The summed E-state index contributed by atoms with van der Waals surface area (Å²) in [4.78, 5) is 11.5. The number of benzene rings is 1. The molecule has 3 nitrogen and oxygen atoms in total. The van der Waals surface area contributed by atoms with Crippen LogP contribution in [0.2, 0.25) is 10.0 Å². The van der Waals surface area contributed by atoms with Crippen molar-refractivity contribution in [2.45, 2.75) is 19.4 Å². The molecule has 19 heavy (non-hydrogen) atoms. The normalized spacial score (nSPS) is 12.2. The van der Waals surface area contributed by atoms with E-state index in [1.54, 1.807) is 30.0 Å². The highest BCUT2D eigenvalue weighted by molar-refractivity contribution is 7.99. The SMILES string of the molecule is CCSCCC(=O)NCC(O)c1c(Cl)cccc1Cl. The van der Waals surface area contributed by atoms with Gasteiger partial charge in [-0.25, -0.2) is 0 Å². The zero-order chi connectivity index (χ0) is 14.3. The highest BCUT2D eigenvalue weighted by Crippen LogP contribution is 2.29. The molecule has 0 saturated carbocycles. The number of halogens is 2. The minimum atomic E-state index is -0.899. The molecule has 0 bridgehead atoms. The van der Waals surface area contributed by atoms with Crippen molar-refractivity contribution in [1.82, 2.24) is 5.32 Å². The number of carbonyl (C=O) groups is 1. The van der Waals surface area contributed by atoms with Crippen LogP contribution in [-0.2, 0) is 4.79 Å². The van der Waals surface area contributed by atoms with Crippen LogP contribution in [-0.4, -0.2) is 29.1 Å². The van der Waals surface area contributed by atoms with Gasteiger partial charge in [0, 0.05) is 34.3 Å². The molecule has 0 aliphatic carbocycles. The molecular weight excluding hydrogens is 305 g/mol. The second-order valence-corrected chi connectivity index (χ2v) is 6.11. The summed E-state index contributed by atoms with van der Waals surface area (Å²) in [5.74, 6) is 1.69. The van der Waals surface area contributed by atoms with Gasteiger partial charge in [-0.05, 0) is 17.9 Å². The van der Waals surface area contributed by atoms with Gasteiger partial charge in [0.15, 0.2) is 0 Å². The van der Waals surface area contributed by atoms with E-state index in [0.29, 0.717) is 22.0 Å². The first-order valence-electron chi connectivity index (χ1n) is 6.02. The minimum absolute atomic E-state index is 0.0804. The number of nitrogens with one attached hydrogen (secondary N) is 1. The van der Waals surface area contributed by atoms with Gasteiger partial charge < -0.3 is 10.4 Å². The Morgan fingerprint density at radius 2 is 2.05 bits per heavy atom. The van der Waals surface area contributed by atoms with Crippen molar-refractivity contribution in [2.24, 2.45) is 0 Å². The zero-order valence-corrected chi connectivity index (χ0v) is 13.0. The lowest BCUT2D eigenvalue weighted by Gasteiger charge is -2.15. The van der Waals surface area contributed by atoms with Crippen molar-refractivity contribution in [2.75, 3.05) is 18.1 Å². The van der Waals surface area contributed by atoms with Gasteiger partial charge in [-0.15, -0.1) is 0 Å². The number of rotatable bonds is 7. The Bertz CT molecular complexity index is 409. The molecule has 1 aromatic carbocycles. The van der Waals surface area contributed by atoms with Crippen LogP contribution >= 0.6 is 35.0 Å². The first-order chi connectivity index (χ1) is 9.06. The first-order valence-corrected chi connectivity index (χ1v) is 7.93. The summed E-state index contributed by atoms with van der Waals surface area (Å²) >= 11 is 13.7. The van der Waals surface area contributed by atoms with Gasteiger partial charge in [0.25, 0.3) is 0 Å². The molecule has 0 radical (unpaired) electrons. The predicted molar refractivity (Wildman–Crippen MR) is 82.0 cm³/mol. The van der Waals surface area contributed by atoms with E-state index in [9.17, 15) is 9.90 Å². The molecule has 0 spiro atoms. The van der Waals surface area contributed by atoms with Gasteiger partial charge in [-0.2, -0.15) is 11.8 Å².